The molecule has 0 saturated carbocycles. The van der Waals surface area contributed by atoms with Gasteiger partial charge in [0.25, 0.3) is 0 Å². The SMILES string of the molecule is CC(Cc1ccco1)N1CCC(C2CCCN2)CC1. The van der Waals surface area contributed by atoms with E-state index in [0.29, 0.717) is 6.04 Å². The first-order valence-electron chi connectivity index (χ1n) is 7.83. The monoisotopic (exact) mass is 262 g/mol. The Morgan fingerprint density at radius 3 is 2.84 bits per heavy atom. The lowest BCUT2D eigenvalue weighted by Crippen LogP contribution is -2.44. The van der Waals surface area contributed by atoms with Crippen LogP contribution in [-0.4, -0.2) is 36.6 Å². The van der Waals surface area contributed by atoms with Gasteiger partial charge in [-0.25, -0.2) is 0 Å². The van der Waals surface area contributed by atoms with Gasteiger partial charge in [-0.15, -0.1) is 0 Å². The zero-order valence-corrected chi connectivity index (χ0v) is 12.0. The Morgan fingerprint density at radius 1 is 1.37 bits per heavy atom. The first kappa shape index (κ1) is 13.2. The van der Waals surface area contributed by atoms with Crippen LogP contribution >= 0.6 is 0 Å². The number of hydrogen-bond donors (Lipinski definition) is 1. The minimum atomic E-state index is 0.601. The van der Waals surface area contributed by atoms with E-state index in [4.69, 9.17) is 4.42 Å². The van der Waals surface area contributed by atoms with Crippen molar-refractivity contribution in [3.05, 3.63) is 24.2 Å². The molecule has 106 valence electrons. The molecule has 2 unspecified atom stereocenters. The zero-order chi connectivity index (χ0) is 13.1. The van der Waals surface area contributed by atoms with Crippen LogP contribution in [0, 0.1) is 5.92 Å². The fraction of sp³-hybridized carbons (Fsp3) is 0.750. The smallest absolute Gasteiger partial charge is 0.105 e. The molecule has 19 heavy (non-hydrogen) atoms. The van der Waals surface area contributed by atoms with E-state index in [-0.39, 0.29) is 0 Å². The molecular formula is C16H26N2O. The van der Waals surface area contributed by atoms with Crippen molar-refractivity contribution in [2.75, 3.05) is 19.6 Å². The number of piperidine rings is 1. The van der Waals surface area contributed by atoms with E-state index in [1.54, 1.807) is 6.26 Å². The third-order valence-corrected chi connectivity index (χ3v) is 4.94. The molecule has 3 nitrogen and oxygen atoms in total. The van der Waals surface area contributed by atoms with Crippen molar-refractivity contribution in [2.45, 2.75) is 51.1 Å². The summed E-state index contributed by atoms with van der Waals surface area (Å²) in [5, 5.41) is 3.67. The van der Waals surface area contributed by atoms with Gasteiger partial charge in [0.1, 0.15) is 5.76 Å². The highest BCUT2D eigenvalue weighted by Gasteiger charge is 2.29. The van der Waals surface area contributed by atoms with Gasteiger partial charge >= 0.3 is 0 Å². The molecule has 2 fully saturated rings. The summed E-state index contributed by atoms with van der Waals surface area (Å²) < 4.78 is 5.46. The maximum Gasteiger partial charge on any atom is 0.105 e. The summed E-state index contributed by atoms with van der Waals surface area (Å²) in [5.41, 5.74) is 0. The summed E-state index contributed by atoms with van der Waals surface area (Å²) in [6.07, 6.45) is 8.31. The molecule has 2 atom stereocenters. The van der Waals surface area contributed by atoms with E-state index in [2.05, 4.69) is 23.2 Å². The fourth-order valence-corrected chi connectivity index (χ4v) is 3.73. The van der Waals surface area contributed by atoms with Crippen LogP contribution in [0.3, 0.4) is 0 Å². The molecule has 0 spiro atoms. The number of nitrogens with zero attached hydrogens (tertiary/aromatic N) is 1. The highest BCUT2D eigenvalue weighted by atomic mass is 16.3. The van der Waals surface area contributed by atoms with Crippen LogP contribution in [0.25, 0.3) is 0 Å². The van der Waals surface area contributed by atoms with Gasteiger partial charge in [0.05, 0.1) is 6.26 Å². The second kappa shape index (κ2) is 6.10. The van der Waals surface area contributed by atoms with Crippen molar-refractivity contribution < 1.29 is 4.42 Å². The molecule has 0 aliphatic carbocycles. The molecule has 1 aromatic rings. The second-order valence-corrected chi connectivity index (χ2v) is 6.21. The number of likely N-dealkylation sites (tertiary alicyclic amines) is 1. The molecule has 0 amide bonds. The summed E-state index contributed by atoms with van der Waals surface area (Å²) in [6.45, 7) is 6.08. The Labute approximate surface area is 116 Å². The van der Waals surface area contributed by atoms with Gasteiger partial charge in [-0.3, -0.25) is 0 Å². The minimum absolute atomic E-state index is 0.601. The maximum absolute atomic E-state index is 5.46. The molecule has 3 rings (SSSR count). The fourth-order valence-electron chi connectivity index (χ4n) is 3.73. The van der Waals surface area contributed by atoms with Crippen LogP contribution in [0.15, 0.2) is 22.8 Å². The van der Waals surface area contributed by atoms with E-state index in [1.807, 2.05) is 6.07 Å². The van der Waals surface area contributed by atoms with Gasteiger partial charge in [0.2, 0.25) is 0 Å². The molecule has 3 heteroatoms. The standard InChI is InChI=1S/C16H26N2O/c1-13(12-15-4-3-11-19-15)18-9-6-14(7-10-18)16-5-2-8-17-16/h3-4,11,13-14,16-17H,2,5-10,12H2,1H3. The topological polar surface area (TPSA) is 28.4 Å². The normalized spacial score (nSPS) is 27.7. The lowest BCUT2D eigenvalue weighted by Gasteiger charge is -2.38. The molecule has 2 saturated heterocycles. The van der Waals surface area contributed by atoms with E-state index in [9.17, 15) is 0 Å². The van der Waals surface area contributed by atoms with Gasteiger partial charge in [-0.1, -0.05) is 0 Å². The molecule has 0 radical (unpaired) electrons. The summed E-state index contributed by atoms with van der Waals surface area (Å²) in [5.74, 6) is 2.03. The highest BCUT2D eigenvalue weighted by molar-refractivity contribution is 5.00. The molecule has 3 heterocycles. The lowest BCUT2D eigenvalue weighted by atomic mass is 9.88. The second-order valence-electron chi connectivity index (χ2n) is 6.21. The zero-order valence-electron chi connectivity index (χ0n) is 12.0. The maximum atomic E-state index is 5.46. The van der Waals surface area contributed by atoms with Crippen molar-refractivity contribution in [3.63, 3.8) is 0 Å². The van der Waals surface area contributed by atoms with E-state index in [0.717, 1.165) is 24.1 Å². The van der Waals surface area contributed by atoms with Crippen LogP contribution < -0.4 is 5.32 Å². The van der Waals surface area contributed by atoms with Crippen LogP contribution in [0.1, 0.15) is 38.4 Å². The van der Waals surface area contributed by atoms with Gasteiger partial charge in [0.15, 0.2) is 0 Å². The van der Waals surface area contributed by atoms with Gasteiger partial charge in [-0.05, 0) is 70.3 Å². The highest BCUT2D eigenvalue weighted by Crippen LogP contribution is 2.27. The number of nitrogens with one attached hydrogen (secondary N) is 1. The summed E-state index contributed by atoms with van der Waals surface area (Å²) in [4.78, 5) is 2.63. The Morgan fingerprint density at radius 2 is 2.21 bits per heavy atom. The predicted molar refractivity (Wildman–Crippen MR) is 77.2 cm³/mol. The molecular weight excluding hydrogens is 236 g/mol. The third kappa shape index (κ3) is 3.21. The van der Waals surface area contributed by atoms with E-state index in [1.165, 1.54) is 45.3 Å². The molecule has 0 bridgehead atoms. The average Bonchev–Trinajstić information content (AvgIpc) is 3.12. The first-order valence-corrected chi connectivity index (χ1v) is 7.83. The molecule has 2 aliphatic rings. The van der Waals surface area contributed by atoms with Crippen molar-refractivity contribution in [3.8, 4) is 0 Å². The minimum Gasteiger partial charge on any atom is -0.469 e. The largest absolute Gasteiger partial charge is 0.469 e. The van der Waals surface area contributed by atoms with Crippen molar-refractivity contribution in [1.29, 1.82) is 0 Å². The van der Waals surface area contributed by atoms with E-state index >= 15 is 0 Å². The quantitative estimate of drug-likeness (QED) is 0.904. The molecule has 1 aromatic heterocycles. The van der Waals surface area contributed by atoms with Gasteiger partial charge < -0.3 is 14.6 Å². The Hall–Kier alpha value is -0.800. The van der Waals surface area contributed by atoms with Gasteiger partial charge in [0, 0.05) is 18.5 Å². The Balaban J connectivity index is 1.46. The number of furan rings is 1. The predicted octanol–water partition coefficient (Wildman–Crippen LogP) is 2.67. The van der Waals surface area contributed by atoms with Gasteiger partial charge in [-0.2, -0.15) is 0 Å². The molecule has 2 aliphatic heterocycles. The van der Waals surface area contributed by atoms with Crippen LogP contribution in [0.2, 0.25) is 0 Å². The average molecular weight is 262 g/mol. The molecule has 1 N–H and O–H groups in total. The van der Waals surface area contributed by atoms with E-state index < -0.39 is 0 Å². The summed E-state index contributed by atoms with van der Waals surface area (Å²) in [6, 6.07) is 5.48. The first-order chi connectivity index (χ1) is 9.33. The number of hydrogen-bond acceptors (Lipinski definition) is 3. The third-order valence-electron chi connectivity index (χ3n) is 4.94. The Kier molecular flexibility index (Phi) is 4.24. The van der Waals surface area contributed by atoms with Crippen molar-refractivity contribution >= 4 is 0 Å². The number of rotatable bonds is 4. The lowest BCUT2D eigenvalue weighted by molar-refractivity contribution is 0.123. The van der Waals surface area contributed by atoms with Crippen LogP contribution in [-0.2, 0) is 6.42 Å². The van der Waals surface area contributed by atoms with Crippen molar-refractivity contribution in [1.82, 2.24) is 10.2 Å². The Bertz CT molecular complexity index is 362. The van der Waals surface area contributed by atoms with Crippen LogP contribution in [0.5, 0.6) is 0 Å². The summed E-state index contributed by atoms with van der Waals surface area (Å²) >= 11 is 0. The summed E-state index contributed by atoms with van der Waals surface area (Å²) in [7, 11) is 0. The van der Waals surface area contributed by atoms with Crippen molar-refractivity contribution in [2.24, 2.45) is 5.92 Å². The molecule has 0 aromatic carbocycles. The van der Waals surface area contributed by atoms with Crippen LogP contribution in [0.4, 0.5) is 0 Å².